The molecular formula is C23H20N4O3S. The number of benzene rings is 3. The number of hydrogen-bond acceptors (Lipinski definition) is 4. The summed E-state index contributed by atoms with van der Waals surface area (Å²) in [5, 5.41) is 10.6. The molecule has 2 N–H and O–H groups in total. The number of fused-ring (bicyclic) bond motifs is 2. The normalized spacial score (nSPS) is 15.8. The van der Waals surface area contributed by atoms with Crippen molar-refractivity contribution in [3.8, 4) is 0 Å². The zero-order valence-electron chi connectivity index (χ0n) is 16.7. The van der Waals surface area contributed by atoms with E-state index in [2.05, 4.69) is 15.5 Å². The highest BCUT2D eigenvalue weighted by Gasteiger charge is 2.36. The summed E-state index contributed by atoms with van der Waals surface area (Å²) in [7, 11) is -3.81. The van der Waals surface area contributed by atoms with Gasteiger partial charge in [0.25, 0.3) is 15.9 Å². The first-order valence-electron chi connectivity index (χ1n) is 9.90. The second kappa shape index (κ2) is 7.24. The summed E-state index contributed by atoms with van der Waals surface area (Å²) in [5.41, 5.74) is 3.36. The van der Waals surface area contributed by atoms with Gasteiger partial charge in [-0.15, -0.1) is 0 Å². The lowest BCUT2D eigenvalue weighted by molar-refractivity contribution is 0.102. The SMILES string of the molecule is CC1Cc2ccccc2N1S(=O)(=O)c1cccc(C(=O)Nc2ccc3cn[nH]c3c2)c1. The van der Waals surface area contributed by atoms with Crippen molar-refractivity contribution in [1.82, 2.24) is 10.2 Å². The Kier molecular flexibility index (Phi) is 4.51. The van der Waals surface area contributed by atoms with Crippen LogP contribution in [0.25, 0.3) is 10.9 Å². The first kappa shape index (κ1) is 19.3. The van der Waals surface area contributed by atoms with Gasteiger partial charge in [0.1, 0.15) is 0 Å². The van der Waals surface area contributed by atoms with Crippen molar-refractivity contribution in [3.05, 3.63) is 84.1 Å². The molecule has 0 spiro atoms. The van der Waals surface area contributed by atoms with Crippen LogP contribution in [0, 0.1) is 0 Å². The average molecular weight is 433 g/mol. The van der Waals surface area contributed by atoms with Crippen molar-refractivity contribution < 1.29 is 13.2 Å². The smallest absolute Gasteiger partial charge is 0.264 e. The topological polar surface area (TPSA) is 95.2 Å². The predicted molar refractivity (Wildman–Crippen MR) is 120 cm³/mol. The Balaban J connectivity index is 1.45. The Morgan fingerprint density at radius 2 is 1.94 bits per heavy atom. The predicted octanol–water partition coefficient (Wildman–Crippen LogP) is 3.96. The second-order valence-corrected chi connectivity index (χ2v) is 9.45. The van der Waals surface area contributed by atoms with E-state index in [-0.39, 0.29) is 22.4 Å². The van der Waals surface area contributed by atoms with Gasteiger partial charge < -0.3 is 5.32 Å². The van der Waals surface area contributed by atoms with E-state index in [0.29, 0.717) is 17.8 Å². The number of sulfonamides is 1. The Hall–Kier alpha value is -3.65. The van der Waals surface area contributed by atoms with Crippen LogP contribution in [-0.2, 0) is 16.4 Å². The molecule has 31 heavy (non-hydrogen) atoms. The Bertz CT molecular complexity index is 1410. The molecule has 1 aromatic heterocycles. The van der Waals surface area contributed by atoms with Gasteiger partial charge >= 0.3 is 0 Å². The van der Waals surface area contributed by atoms with Gasteiger partial charge in [0.15, 0.2) is 0 Å². The number of anilines is 2. The van der Waals surface area contributed by atoms with Crippen LogP contribution in [0.4, 0.5) is 11.4 Å². The first-order valence-corrected chi connectivity index (χ1v) is 11.3. The molecule has 2 heterocycles. The van der Waals surface area contributed by atoms with Crippen LogP contribution in [0.5, 0.6) is 0 Å². The highest BCUT2D eigenvalue weighted by molar-refractivity contribution is 7.92. The number of amides is 1. The maximum Gasteiger partial charge on any atom is 0.264 e. The minimum atomic E-state index is -3.81. The van der Waals surface area contributed by atoms with Crippen molar-refractivity contribution in [2.45, 2.75) is 24.3 Å². The van der Waals surface area contributed by atoms with Crippen molar-refractivity contribution >= 4 is 38.2 Å². The standard InChI is InChI=1S/C23H20N4O3S/c1-15-11-16-5-2-3-8-22(16)27(15)31(29,30)20-7-4-6-17(12-20)23(28)25-19-10-9-18-14-24-26-21(18)13-19/h2-10,12-15H,11H2,1H3,(H,24,26)(H,25,28). The average Bonchev–Trinajstić information content (AvgIpc) is 3.36. The zero-order chi connectivity index (χ0) is 21.6. The van der Waals surface area contributed by atoms with Crippen LogP contribution < -0.4 is 9.62 Å². The maximum absolute atomic E-state index is 13.4. The Morgan fingerprint density at radius 1 is 1.10 bits per heavy atom. The monoisotopic (exact) mass is 432 g/mol. The molecule has 1 atom stereocenters. The number of aromatic nitrogens is 2. The van der Waals surface area contributed by atoms with Crippen molar-refractivity contribution in [2.75, 3.05) is 9.62 Å². The largest absolute Gasteiger partial charge is 0.322 e. The first-order chi connectivity index (χ1) is 14.9. The number of aromatic amines is 1. The molecule has 8 heteroatoms. The maximum atomic E-state index is 13.4. The van der Waals surface area contributed by atoms with Crippen LogP contribution in [0.2, 0.25) is 0 Å². The van der Waals surface area contributed by atoms with Gasteiger partial charge in [0.05, 0.1) is 22.3 Å². The zero-order valence-corrected chi connectivity index (χ0v) is 17.6. The highest BCUT2D eigenvalue weighted by Crippen LogP contribution is 2.36. The molecule has 0 fully saturated rings. The van der Waals surface area contributed by atoms with Gasteiger partial charge in [-0.1, -0.05) is 24.3 Å². The number of para-hydroxylation sites is 1. The molecule has 1 unspecified atom stereocenters. The summed E-state index contributed by atoms with van der Waals surface area (Å²) in [6.07, 6.45) is 2.36. The minimum absolute atomic E-state index is 0.0905. The third-order valence-electron chi connectivity index (χ3n) is 5.50. The summed E-state index contributed by atoms with van der Waals surface area (Å²) < 4.78 is 28.3. The Labute approximate surface area is 179 Å². The molecule has 156 valence electrons. The lowest BCUT2D eigenvalue weighted by Crippen LogP contribution is -2.35. The van der Waals surface area contributed by atoms with E-state index in [4.69, 9.17) is 0 Å². The molecule has 7 nitrogen and oxygen atoms in total. The van der Waals surface area contributed by atoms with Crippen LogP contribution in [0.15, 0.2) is 77.8 Å². The highest BCUT2D eigenvalue weighted by atomic mass is 32.2. The summed E-state index contributed by atoms with van der Waals surface area (Å²) in [4.78, 5) is 12.9. The molecule has 5 rings (SSSR count). The number of carbonyl (C=O) groups excluding carboxylic acids is 1. The molecule has 3 aromatic carbocycles. The number of nitrogens with zero attached hydrogens (tertiary/aromatic N) is 2. The Morgan fingerprint density at radius 3 is 2.81 bits per heavy atom. The fourth-order valence-corrected chi connectivity index (χ4v) is 5.77. The van der Waals surface area contributed by atoms with Crippen LogP contribution in [0.3, 0.4) is 0 Å². The fraction of sp³-hybridized carbons (Fsp3) is 0.130. The lowest BCUT2D eigenvalue weighted by atomic mass is 10.1. The van der Waals surface area contributed by atoms with E-state index in [9.17, 15) is 13.2 Å². The van der Waals surface area contributed by atoms with E-state index in [1.165, 1.54) is 16.4 Å². The van der Waals surface area contributed by atoms with E-state index in [0.717, 1.165) is 16.5 Å². The molecule has 1 amide bonds. The lowest BCUT2D eigenvalue weighted by Gasteiger charge is -2.24. The van der Waals surface area contributed by atoms with Gasteiger partial charge in [-0.2, -0.15) is 5.10 Å². The van der Waals surface area contributed by atoms with Crippen molar-refractivity contribution in [3.63, 3.8) is 0 Å². The van der Waals surface area contributed by atoms with Gasteiger partial charge in [0, 0.05) is 22.7 Å². The van der Waals surface area contributed by atoms with Gasteiger partial charge in [-0.05, 0) is 61.4 Å². The summed E-state index contributed by atoms with van der Waals surface area (Å²) >= 11 is 0. The van der Waals surface area contributed by atoms with Crippen LogP contribution >= 0.6 is 0 Å². The molecule has 0 bridgehead atoms. The molecule has 1 aliphatic rings. The van der Waals surface area contributed by atoms with Crippen molar-refractivity contribution in [1.29, 1.82) is 0 Å². The van der Waals surface area contributed by atoms with Crippen LogP contribution in [0.1, 0.15) is 22.8 Å². The summed E-state index contributed by atoms with van der Waals surface area (Å²) in [6, 6.07) is 18.9. The summed E-state index contributed by atoms with van der Waals surface area (Å²) in [5.74, 6) is -0.384. The van der Waals surface area contributed by atoms with Gasteiger partial charge in [0.2, 0.25) is 0 Å². The third kappa shape index (κ3) is 3.34. The van der Waals surface area contributed by atoms with Gasteiger partial charge in [-0.3, -0.25) is 14.2 Å². The number of nitrogens with one attached hydrogen (secondary N) is 2. The number of carbonyl (C=O) groups is 1. The molecule has 0 saturated heterocycles. The minimum Gasteiger partial charge on any atom is -0.322 e. The number of hydrogen-bond donors (Lipinski definition) is 2. The molecule has 0 saturated carbocycles. The quantitative estimate of drug-likeness (QED) is 0.510. The second-order valence-electron chi connectivity index (χ2n) is 7.64. The molecular weight excluding hydrogens is 412 g/mol. The fourth-order valence-electron chi connectivity index (χ4n) is 4.03. The van der Waals surface area contributed by atoms with E-state index < -0.39 is 10.0 Å². The van der Waals surface area contributed by atoms with E-state index >= 15 is 0 Å². The van der Waals surface area contributed by atoms with E-state index in [1.807, 2.05) is 37.3 Å². The molecule has 4 aromatic rings. The number of H-pyrrole nitrogens is 1. The summed E-state index contributed by atoms with van der Waals surface area (Å²) in [6.45, 7) is 1.89. The van der Waals surface area contributed by atoms with E-state index in [1.54, 1.807) is 30.5 Å². The van der Waals surface area contributed by atoms with Crippen molar-refractivity contribution in [2.24, 2.45) is 0 Å². The third-order valence-corrected chi connectivity index (χ3v) is 7.42. The van der Waals surface area contributed by atoms with Gasteiger partial charge in [-0.25, -0.2) is 8.42 Å². The number of rotatable bonds is 4. The molecule has 0 radical (unpaired) electrons. The molecule has 1 aliphatic heterocycles. The van der Waals surface area contributed by atoms with Crippen LogP contribution in [-0.4, -0.2) is 30.6 Å². The molecule has 0 aliphatic carbocycles.